The van der Waals surface area contributed by atoms with Crippen LogP contribution in [0.3, 0.4) is 0 Å². The molecule has 17 heavy (non-hydrogen) atoms. The van der Waals surface area contributed by atoms with Gasteiger partial charge in [0.1, 0.15) is 0 Å². The van der Waals surface area contributed by atoms with Crippen molar-refractivity contribution in [2.24, 2.45) is 0 Å². The van der Waals surface area contributed by atoms with Gasteiger partial charge < -0.3 is 5.11 Å². The largest absolute Gasteiger partial charge is 0.478 e. The molecule has 0 atom stereocenters. The van der Waals surface area contributed by atoms with Gasteiger partial charge in [-0.3, -0.25) is 4.98 Å². The van der Waals surface area contributed by atoms with Crippen molar-refractivity contribution in [1.82, 2.24) is 4.98 Å². The van der Waals surface area contributed by atoms with E-state index >= 15 is 0 Å². The van der Waals surface area contributed by atoms with Crippen LogP contribution in [0.1, 0.15) is 15.9 Å². The lowest BCUT2D eigenvalue weighted by Crippen LogP contribution is -1.97. The predicted molar refractivity (Wildman–Crippen MR) is 61.3 cm³/mol. The maximum Gasteiger partial charge on any atom is 0.337 e. The van der Waals surface area contributed by atoms with Gasteiger partial charge in [0.2, 0.25) is 0 Å². The van der Waals surface area contributed by atoms with Crippen LogP contribution in [0.25, 0.3) is 11.1 Å². The first-order chi connectivity index (χ1) is 8.20. The standard InChI is InChI=1S/C13H8N2O2/c14-6-9-1-3-10(4-2-9)11-5-12(13(16)17)8-15-7-11/h1-5,7-8H,(H,16,17). The number of benzene rings is 1. The second-order valence-corrected chi connectivity index (χ2v) is 3.46. The summed E-state index contributed by atoms with van der Waals surface area (Å²) >= 11 is 0. The van der Waals surface area contributed by atoms with E-state index in [4.69, 9.17) is 10.4 Å². The minimum Gasteiger partial charge on any atom is -0.478 e. The maximum atomic E-state index is 10.8. The topological polar surface area (TPSA) is 74.0 Å². The summed E-state index contributed by atoms with van der Waals surface area (Å²) in [6, 6.07) is 10.5. The number of carboxylic acid groups (broad SMARTS) is 1. The Morgan fingerprint density at radius 1 is 1.18 bits per heavy atom. The summed E-state index contributed by atoms with van der Waals surface area (Å²) in [6.07, 6.45) is 2.89. The molecule has 0 radical (unpaired) electrons. The molecule has 0 unspecified atom stereocenters. The molecule has 0 saturated carbocycles. The smallest absolute Gasteiger partial charge is 0.337 e. The molecule has 1 heterocycles. The maximum absolute atomic E-state index is 10.8. The number of pyridine rings is 1. The minimum absolute atomic E-state index is 0.145. The molecule has 0 spiro atoms. The molecule has 82 valence electrons. The highest BCUT2D eigenvalue weighted by atomic mass is 16.4. The van der Waals surface area contributed by atoms with Crippen LogP contribution < -0.4 is 0 Å². The van der Waals surface area contributed by atoms with E-state index in [1.54, 1.807) is 36.5 Å². The van der Waals surface area contributed by atoms with Gasteiger partial charge in [0.25, 0.3) is 0 Å². The van der Waals surface area contributed by atoms with Gasteiger partial charge >= 0.3 is 5.97 Å². The molecule has 0 saturated heterocycles. The van der Waals surface area contributed by atoms with Crippen molar-refractivity contribution < 1.29 is 9.90 Å². The van der Waals surface area contributed by atoms with E-state index in [2.05, 4.69) is 4.98 Å². The summed E-state index contributed by atoms with van der Waals surface area (Å²) in [5.41, 5.74) is 2.26. The first-order valence-corrected chi connectivity index (χ1v) is 4.89. The van der Waals surface area contributed by atoms with E-state index in [0.717, 1.165) is 11.1 Å². The zero-order chi connectivity index (χ0) is 12.3. The van der Waals surface area contributed by atoms with Crippen molar-refractivity contribution in [3.05, 3.63) is 53.9 Å². The average Bonchev–Trinajstić information content (AvgIpc) is 2.39. The van der Waals surface area contributed by atoms with E-state index < -0.39 is 5.97 Å². The van der Waals surface area contributed by atoms with Gasteiger partial charge in [-0.25, -0.2) is 4.79 Å². The molecule has 0 fully saturated rings. The van der Waals surface area contributed by atoms with Crippen LogP contribution in [-0.4, -0.2) is 16.1 Å². The SMILES string of the molecule is N#Cc1ccc(-c2cncc(C(=O)O)c2)cc1. The van der Waals surface area contributed by atoms with E-state index in [1.165, 1.54) is 6.20 Å². The lowest BCUT2D eigenvalue weighted by molar-refractivity contribution is 0.0696. The molecule has 1 N–H and O–H groups in total. The van der Waals surface area contributed by atoms with Crippen LogP contribution in [-0.2, 0) is 0 Å². The summed E-state index contributed by atoms with van der Waals surface area (Å²) in [7, 11) is 0. The molecule has 1 aromatic heterocycles. The average molecular weight is 224 g/mol. The summed E-state index contributed by atoms with van der Waals surface area (Å²) < 4.78 is 0. The van der Waals surface area contributed by atoms with Gasteiger partial charge in [0.15, 0.2) is 0 Å². The lowest BCUT2D eigenvalue weighted by Gasteiger charge is -2.02. The van der Waals surface area contributed by atoms with E-state index in [9.17, 15) is 4.79 Å². The molecule has 4 heteroatoms. The third-order valence-corrected chi connectivity index (χ3v) is 2.33. The number of aromatic nitrogens is 1. The molecule has 0 amide bonds. The van der Waals surface area contributed by atoms with Crippen molar-refractivity contribution in [2.75, 3.05) is 0 Å². The molecule has 4 nitrogen and oxygen atoms in total. The number of nitrogens with zero attached hydrogens (tertiary/aromatic N) is 2. The Morgan fingerprint density at radius 3 is 2.47 bits per heavy atom. The lowest BCUT2D eigenvalue weighted by atomic mass is 10.0. The fourth-order valence-electron chi connectivity index (χ4n) is 1.45. The number of carbonyl (C=O) groups is 1. The van der Waals surface area contributed by atoms with Gasteiger partial charge in [0, 0.05) is 18.0 Å². The molecule has 0 bridgehead atoms. The van der Waals surface area contributed by atoms with Gasteiger partial charge in [-0.1, -0.05) is 12.1 Å². The van der Waals surface area contributed by atoms with Crippen molar-refractivity contribution in [2.45, 2.75) is 0 Å². The van der Waals surface area contributed by atoms with Crippen LogP contribution in [0.4, 0.5) is 0 Å². The van der Waals surface area contributed by atoms with E-state index in [-0.39, 0.29) is 5.56 Å². The fourth-order valence-corrected chi connectivity index (χ4v) is 1.45. The molecule has 2 aromatic rings. The zero-order valence-corrected chi connectivity index (χ0v) is 8.79. The Morgan fingerprint density at radius 2 is 1.88 bits per heavy atom. The Hall–Kier alpha value is -2.67. The Bertz CT molecular complexity index is 598. The molecule has 0 aliphatic rings. The Labute approximate surface area is 97.8 Å². The molecule has 2 rings (SSSR count). The highest BCUT2D eigenvalue weighted by molar-refractivity contribution is 5.88. The molecule has 1 aromatic carbocycles. The molecular formula is C13H8N2O2. The summed E-state index contributed by atoms with van der Waals surface area (Å²) in [6.45, 7) is 0. The van der Waals surface area contributed by atoms with Crippen LogP contribution in [0.5, 0.6) is 0 Å². The monoisotopic (exact) mass is 224 g/mol. The summed E-state index contributed by atoms with van der Waals surface area (Å²) in [5, 5.41) is 17.5. The second kappa shape index (κ2) is 4.45. The van der Waals surface area contributed by atoms with Crippen molar-refractivity contribution in [3.8, 4) is 17.2 Å². The minimum atomic E-state index is -1.01. The third kappa shape index (κ3) is 2.29. The highest BCUT2D eigenvalue weighted by Crippen LogP contribution is 2.19. The van der Waals surface area contributed by atoms with Crippen molar-refractivity contribution in [1.29, 1.82) is 5.26 Å². The van der Waals surface area contributed by atoms with E-state index in [1.807, 2.05) is 6.07 Å². The Balaban J connectivity index is 2.42. The van der Waals surface area contributed by atoms with Gasteiger partial charge in [-0.05, 0) is 23.8 Å². The number of carboxylic acids is 1. The molecule has 0 aliphatic carbocycles. The molecular weight excluding hydrogens is 216 g/mol. The zero-order valence-electron chi connectivity index (χ0n) is 8.79. The van der Waals surface area contributed by atoms with Crippen LogP contribution in [0.15, 0.2) is 42.7 Å². The van der Waals surface area contributed by atoms with Crippen LogP contribution >= 0.6 is 0 Å². The van der Waals surface area contributed by atoms with Crippen LogP contribution in [0, 0.1) is 11.3 Å². The second-order valence-electron chi connectivity index (χ2n) is 3.46. The molecule has 0 aliphatic heterocycles. The quantitative estimate of drug-likeness (QED) is 0.849. The van der Waals surface area contributed by atoms with Gasteiger partial charge in [-0.2, -0.15) is 5.26 Å². The summed E-state index contributed by atoms with van der Waals surface area (Å²) in [5.74, 6) is -1.01. The fraction of sp³-hybridized carbons (Fsp3) is 0. The van der Waals surface area contributed by atoms with Crippen molar-refractivity contribution >= 4 is 5.97 Å². The summed E-state index contributed by atoms with van der Waals surface area (Å²) in [4.78, 5) is 14.7. The number of aromatic carboxylic acids is 1. The normalized spacial score (nSPS) is 9.59. The first kappa shape index (κ1) is 10.8. The Kier molecular flexibility index (Phi) is 2.84. The number of hydrogen-bond acceptors (Lipinski definition) is 3. The first-order valence-electron chi connectivity index (χ1n) is 4.89. The number of nitriles is 1. The van der Waals surface area contributed by atoms with Gasteiger partial charge in [0.05, 0.1) is 17.2 Å². The van der Waals surface area contributed by atoms with Crippen molar-refractivity contribution in [3.63, 3.8) is 0 Å². The third-order valence-electron chi connectivity index (χ3n) is 2.33. The highest BCUT2D eigenvalue weighted by Gasteiger charge is 2.05. The van der Waals surface area contributed by atoms with Crippen LogP contribution in [0.2, 0.25) is 0 Å². The van der Waals surface area contributed by atoms with E-state index in [0.29, 0.717) is 5.56 Å². The number of rotatable bonds is 2. The predicted octanol–water partition coefficient (Wildman–Crippen LogP) is 2.32. The van der Waals surface area contributed by atoms with Gasteiger partial charge in [-0.15, -0.1) is 0 Å². The number of hydrogen-bond donors (Lipinski definition) is 1.